The Hall–Kier alpha value is -1.31. The van der Waals surface area contributed by atoms with Crippen LogP contribution in [0.5, 0.6) is 0 Å². The minimum absolute atomic E-state index is 0.273. The maximum atomic E-state index is 12.7. The van der Waals surface area contributed by atoms with Crippen molar-refractivity contribution in [1.29, 1.82) is 0 Å². The summed E-state index contributed by atoms with van der Waals surface area (Å²) in [6.07, 6.45) is 5.94. The van der Waals surface area contributed by atoms with E-state index in [9.17, 15) is 4.79 Å². The lowest BCUT2D eigenvalue weighted by Crippen LogP contribution is -2.40. The molecule has 0 spiro atoms. The Morgan fingerprint density at radius 2 is 1.48 bits per heavy atom. The molecule has 118 valence electrons. The van der Waals surface area contributed by atoms with E-state index in [1.807, 2.05) is 0 Å². The van der Waals surface area contributed by atoms with Crippen molar-refractivity contribution in [3.8, 4) is 0 Å². The Morgan fingerprint density at radius 1 is 0.952 bits per heavy atom. The normalized spacial score (nSPS) is 11.0. The number of aryl methyl sites for hydroxylation is 2. The zero-order valence-electron chi connectivity index (χ0n) is 14.4. The van der Waals surface area contributed by atoms with Gasteiger partial charge < -0.3 is 4.90 Å². The number of carbonyl (C=O) groups is 1. The van der Waals surface area contributed by atoms with Crippen LogP contribution in [0.15, 0.2) is 18.2 Å². The first kappa shape index (κ1) is 17.7. The van der Waals surface area contributed by atoms with Gasteiger partial charge in [0.2, 0.25) is 5.91 Å². The standard InChI is InChI=1S/C19H31NO/c1-6-9-17(10-7-2)20(19(21)11-8-3)18-13-15(4)12-16(5)14-18/h12-14,17H,6-11H2,1-5H3. The van der Waals surface area contributed by atoms with Crippen molar-refractivity contribution in [2.75, 3.05) is 4.90 Å². The van der Waals surface area contributed by atoms with E-state index in [2.05, 4.69) is 57.7 Å². The van der Waals surface area contributed by atoms with Gasteiger partial charge >= 0.3 is 0 Å². The molecule has 0 radical (unpaired) electrons. The summed E-state index contributed by atoms with van der Waals surface area (Å²) in [5.41, 5.74) is 3.54. The second-order valence-electron chi connectivity index (χ2n) is 6.09. The van der Waals surface area contributed by atoms with E-state index >= 15 is 0 Å². The lowest BCUT2D eigenvalue weighted by molar-refractivity contribution is -0.119. The number of benzene rings is 1. The molecule has 0 heterocycles. The number of rotatable bonds is 8. The van der Waals surface area contributed by atoms with E-state index in [0.717, 1.165) is 37.8 Å². The van der Waals surface area contributed by atoms with Crippen molar-refractivity contribution in [1.82, 2.24) is 0 Å². The zero-order chi connectivity index (χ0) is 15.8. The van der Waals surface area contributed by atoms with E-state index in [1.165, 1.54) is 11.1 Å². The summed E-state index contributed by atoms with van der Waals surface area (Å²) in [5, 5.41) is 0. The van der Waals surface area contributed by atoms with Crippen LogP contribution in [0.2, 0.25) is 0 Å². The van der Waals surface area contributed by atoms with Crippen molar-refractivity contribution >= 4 is 11.6 Å². The number of amides is 1. The molecule has 1 aromatic rings. The summed E-state index contributed by atoms with van der Waals surface area (Å²) in [6, 6.07) is 6.80. The highest BCUT2D eigenvalue weighted by molar-refractivity contribution is 5.94. The summed E-state index contributed by atoms with van der Waals surface area (Å²) in [5.74, 6) is 0.273. The van der Waals surface area contributed by atoms with Crippen LogP contribution in [0.25, 0.3) is 0 Å². The predicted octanol–water partition coefficient (Wildman–Crippen LogP) is 5.41. The fourth-order valence-electron chi connectivity index (χ4n) is 3.05. The molecule has 0 aliphatic carbocycles. The van der Waals surface area contributed by atoms with Crippen molar-refractivity contribution < 1.29 is 4.79 Å². The van der Waals surface area contributed by atoms with E-state index in [-0.39, 0.29) is 5.91 Å². The van der Waals surface area contributed by atoms with Gasteiger partial charge in [0.15, 0.2) is 0 Å². The first-order valence-corrected chi connectivity index (χ1v) is 8.43. The average Bonchev–Trinajstić information content (AvgIpc) is 2.38. The molecule has 0 saturated carbocycles. The molecule has 0 aliphatic heterocycles. The number of carbonyl (C=O) groups excluding carboxylic acids is 1. The quantitative estimate of drug-likeness (QED) is 0.627. The monoisotopic (exact) mass is 289 g/mol. The van der Waals surface area contributed by atoms with Crippen LogP contribution in [-0.4, -0.2) is 11.9 Å². The maximum absolute atomic E-state index is 12.7. The molecule has 0 aliphatic rings. The molecule has 21 heavy (non-hydrogen) atoms. The molecule has 0 aromatic heterocycles. The molecule has 1 rings (SSSR count). The van der Waals surface area contributed by atoms with Crippen LogP contribution in [-0.2, 0) is 4.79 Å². The first-order valence-electron chi connectivity index (χ1n) is 8.43. The zero-order valence-corrected chi connectivity index (χ0v) is 14.4. The molecule has 0 saturated heterocycles. The minimum atomic E-state index is 0.273. The Balaban J connectivity index is 3.18. The summed E-state index contributed by atoms with van der Waals surface area (Å²) >= 11 is 0. The van der Waals surface area contributed by atoms with Crippen LogP contribution in [0.4, 0.5) is 5.69 Å². The lowest BCUT2D eigenvalue weighted by atomic mass is 10.0. The fourth-order valence-corrected chi connectivity index (χ4v) is 3.05. The van der Waals surface area contributed by atoms with Crippen LogP contribution in [0.3, 0.4) is 0 Å². The van der Waals surface area contributed by atoms with Gasteiger partial charge in [0, 0.05) is 18.2 Å². The predicted molar refractivity (Wildman–Crippen MR) is 91.9 cm³/mol. The van der Waals surface area contributed by atoms with Crippen molar-refractivity contribution in [3.63, 3.8) is 0 Å². The van der Waals surface area contributed by atoms with E-state index in [4.69, 9.17) is 0 Å². The van der Waals surface area contributed by atoms with Gasteiger partial charge in [-0.3, -0.25) is 4.79 Å². The Morgan fingerprint density at radius 3 is 1.90 bits per heavy atom. The number of nitrogens with zero attached hydrogens (tertiary/aromatic N) is 1. The molecule has 1 aromatic carbocycles. The summed E-state index contributed by atoms with van der Waals surface area (Å²) in [7, 11) is 0. The Labute approximate surface area is 130 Å². The lowest BCUT2D eigenvalue weighted by Gasteiger charge is -2.32. The number of hydrogen-bond donors (Lipinski definition) is 0. The Bertz CT molecular complexity index is 427. The number of hydrogen-bond acceptors (Lipinski definition) is 1. The van der Waals surface area contributed by atoms with Gasteiger partial charge in [-0.1, -0.05) is 39.7 Å². The third kappa shape index (κ3) is 5.18. The second-order valence-corrected chi connectivity index (χ2v) is 6.09. The summed E-state index contributed by atoms with van der Waals surface area (Å²) in [4.78, 5) is 14.8. The first-order chi connectivity index (χ1) is 10.0. The highest BCUT2D eigenvalue weighted by Gasteiger charge is 2.23. The molecular formula is C19H31NO. The minimum Gasteiger partial charge on any atom is -0.309 e. The topological polar surface area (TPSA) is 20.3 Å². The van der Waals surface area contributed by atoms with Gasteiger partial charge in [0.05, 0.1) is 0 Å². The van der Waals surface area contributed by atoms with Gasteiger partial charge in [-0.2, -0.15) is 0 Å². The molecular weight excluding hydrogens is 258 g/mol. The SMILES string of the molecule is CCCC(=O)N(c1cc(C)cc(C)c1)C(CCC)CCC. The van der Waals surface area contributed by atoms with Crippen LogP contribution in [0, 0.1) is 13.8 Å². The van der Waals surface area contributed by atoms with E-state index in [0.29, 0.717) is 12.5 Å². The molecule has 1 amide bonds. The molecule has 0 N–H and O–H groups in total. The molecule has 2 heteroatoms. The van der Waals surface area contributed by atoms with Gasteiger partial charge in [-0.25, -0.2) is 0 Å². The van der Waals surface area contributed by atoms with Gasteiger partial charge in [0.1, 0.15) is 0 Å². The van der Waals surface area contributed by atoms with Crippen molar-refractivity contribution in [3.05, 3.63) is 29.3 Å². The maximum Gasteiger partial charge on any atom is 0.227 e. The molecule has 0 unspecified atom stereocenters. The third-order valence-electron chi connectivity index (χ3n) is 3.83. The van der Waals surface area contributed by atoms with Crippen LogP contribution in [0.1, 0.15) is 70.4 Å². The van der Waals surface area contributed by atoms with Crippen molar-refractivity contribution in [2.45, 2.75) is 79.2 Å². The third-order valence-corrected chi connectivity index (χ3v) is 3.83. The van der Waals surface area contributed by atoms with E-state index < -0.39 is 0 Å². The van der Waals surface area contributed by atoms with Gasteiger partial charge in [-0.05, 0) is 56.4 Å². The summed E-state index contributed by atoms with van der Waals surface area (Å²) in [6.45, 7) is 10.7. The van der Waals surface area contributed by atoms with Gasteiger partial charge in [-0.15, -0.1) is 0 Å². The van der Waals surface area contributed by atoms with Crippen molar-refractivity contribution in [2.24, 2.45) is 0 Å². The summed E-state index contributed by atoms with van der Waals surface area (Å²) < 4.78 is 0. The average molecular weight is 289 g/mol. The molecule has 0 fully saturated rings. The highest BCUT2D eigenvalue weighted by Crippen LogP contribution is 2.26. The Kier molecular flexibility index (Phi) is 7.49. The molecule has 0 atom stereocenters. The number of anilines is 1. The fraction of sp³-hybridized carbons (Fsp3) is 0.632. The highest BCUT2D eigenvalue weighted by atomic mass is 16.2. The van der Waals surface area contributed by atoms with Crippen LogP contribution < -0.4 is 4.90 Å². The smallest absolute Gasteiger partial charge is 0.227 e. The second kappa shape index (κ2) is 8.86. The van der Waals surface area contributed by atoms with Crippen LogP contribution >= 0.6 is 0 Å². The van der Waals surface area contributed by atoms with Gasteiger partial charge in [0.25, 0.3) is 0 Å². The van der Waals surface area contributed by atoms with E-state index in [1.54, 1.807) is 0 Å². The largest absolute Gasteiger partial charge is 0.309 e. The molecule has 0 bridgehead atoms. The molecule has 2 nitrogen and oxygen atoms in total.